The SMILES string of the molecule is CCn1c(SCCN2CCCCC2)nnc1-c1ccc([N+](=O)[O-])cc1. The molecule has 0 N–H and O–H groups in total. The lowest BCUT2D eigenvalue weighted by atomic mass is 10.1. The second-order valence-corrected chi connectivity index (χ2v) is 7.17. The third-order valence-electron chi connectivity index (χ3n) is 4.46. The molecule has 1 aromatic heterocycles. The van der Waals surface area contributed by atoms with Crippen LogP contribution in [0.5, 0.6) is 0 Å². The molecule has 3 rings (SSSR count). The predicted octanol–water partition coefficient (Wildman–Crippen LogP) is 3.45. The molecule has 2 heterocycles. The Kier molecular flexibility index (Phi) is 6.04. The Labute approximate surface area is 151 Å². The van der Waals surface area contributed by atoms with Gasteiger partial charge in [-0.25, -0.2) is 0 Å². The number of piperidine rings is 1. The fourth-order valence-electron chi connectivity index (χ4n) is 3.08. The number of likely N-dealkylation sites (tertiary alicyclic amines) is 1. The zero-order valence-corrected chi connectivity index (χ0v) is 15.2. The van der Waals surface area contributed by atoms with Crippen LogP contribution < -0.4 is 0 Å². The molecule has 2 aromatic rings. The number of hydrogen-bond donors (Lipinski definition) is 0. The van der Waals surface area contributed by atoms with Gasteiger partial charge >= 0.3 is 0 Å². The Bertz CT molecular complexity index is 710. The summed E-state index contributed by atoms with van der Waals surface area (Å²) in [6, 6.07) is 6.48. The minimum atomic E-state index is -0.393. The van der Waals surface area contributed by atoms with Crippen LogP contribution in [0.25, 0.3) is 11.4 Å². The maximum atomic E-state index is 10.8. The van der Waals surface area contributed by atoms with Crippen LogP contribution in [-0.4, -0.2) is 50.0 Å². The molecule has 0 radical (unpaired) electrons. The van der Waals surface area contributed by atoms with E-state index in [0.717, 1.165) is 35.4 Å². The first-order valence-corrected chi connectivity index (χ1v) is 9.70. The molecule has 1 aliphatic rings. The number of aromatic nitrogens is 3. The average molecular weight is 361 g/mol. The van der Waals surface area contributed by atoms with E-state index < -0.39 is 4.92 Å². The normalized spacial score (nSPS) is 15.4. The van der Waals surface area contributed by atoms with E-state index in [-0.39, 0.29) is 5.69 Å². The highest BCUT2D eigenvalue weighted by atomic mass is 32.2. The van der Waals surface area contributed by atoms with Gasteiger partial charge in [-0.2, -0.15) is 0 Å². The van der Waals surface area contributed by atoms with Gasteiger partial charge in [-0.3, -0.25) is 10.1 Å². The molecule has 0 unspecified atom stereocenters. The van der Waals surface area contributed by atoms with E-state index in [0.29, 0.717) is 0 Å². The Morgan fingerprint density at radius 1 is 1.16 bits per heavy atom. The molecule has 134 valence electrons. The number of non-ortho nitro benzene ring substituents is 1. The van der Waals surface area contributed by atoms with Gasteiger partial charge in [0.15, 0.2) is 11.0 Å². The molecule has 1 saturated heterocycles. The zero-order chi connectivity index (χ0) is 17.6. The van der Waals surface area contributed by atoms with Gasteiger partial charge in [0.05, 0.1) is 4.92 Å². The molecule has 0 saturated carbocycles. The van der Waals surface area contributed by atoms with Crippen molar-refractivity contribution in [2.75, 3.05) is 25.4 Å². The van der Waals surface area contributed by atoms with Crippen molar-refractivity contribution >= 4 is 17.4 Å². The fourth-order valence-corrected chi connectivity index (χ4v) is 4.08. The van der Waals surface area contributed by atoms with Crippen molar-refractivity contribution in [2.45, 2.75) is 37.9 Å². The summed E-state index contributed by atoms with van der Waals surface area (Å²) < 4.78 is 2.07. The number of nitro groups is 1. The highest BCUT2D eigenvalue weighted by Crippen LogP contribution is 2.25. The molecular formula is C17H23N5O2S. The summed E-state index contributed by atoms with van der Waals surface area (Å²) in [5, 5.41) is 20.3. The second kappa shape index (κ2) is 8.44. The van der Waals surface area contributed by atoms with Gasteiger partial charge in [0, 0.05) is 36.5 Å². The molecule has 7 nitrogen and oxygen atoms in total. The minimum absolute atomic E-state index is 0.0856. The van der Waals surface area contributed by atoms with Crippen LogP contribution in [0.2, 0.25) is 0 Å². The van der Waals surface area contributed by atoms with E-state index in [9.17, 15) is 10.1 Å². The lowest BCUT2D eigenvalue weighted by molar-refractivity contribution is -0.384. The number of nitrogens with zero attached hydrogens (tertiary/aromatic N) is 5. The van der Waals surface area contributed by atoms with Crippen LogP contribution >= 0.6 is 11.8 Å². The van der Waals surface area contributed by atoms with Crippen molar-refractivity contribution in [3.05, 3.63) is 34.4 Å². The van der Waals surface area contributed by atoms with E-state index >= 15 is 0 Å². The first-order valence-electron chi connectivity index (χ1n) is 8.72. The smallest absolute Gasteiger partial charge is 0.269 e. The molecular weight excluding hydrogens is 338 g/mol. The molecule has 1 fully saturated rings. The lowest BCUT2D eigenvalue weighted by Crippen LogP contribution is -2.31. The molecule has 0 bridgehead atoms. The number of hydrogen-bond acceptors (Lipinski definition) is 6. The third-order valence-corrected chi connectivity index (χ3v) is 5.40. The first kappa shape index (κ1) is 17.9. The van der Waals surface area contributed by atoms with Gasteiger partial charge in [-0.05, 0) is 45.0 Å². The summed E-state index contributed by atoms with van der Waals surface area (Å²) in [5.74, 6) is 1.76. The molecule has 8 heteroatoms. The summed E-state index contributed by atoms with van der Waals surface area (Å²) in [4.78, 5) is 12.9. The summed E-state index contributed by atoms with van der Waals surface area (Å²) in [6.45, 7) is 6.32. The number of thioether (sulfide) groups is 1. The molecule has 1 aliphatic heterocycles. The standard InChI is InChI=1S/C17H23N5O2S/c1-2-21-16(14-6-8-15(9-7-14)22(23)24)18-19-17(21)25-13-12-20-10-4-3-5-11-20/h6-9H,2-5,10-13H2,1H3. The van der Waals surface area contributed by atoms with Gasteiger partial charge in [0.2, 0.25) is 0 Å². The first-order chi connectivity index (χ1) is 12.2. The highest BCUT2D eigenvalue weighted by molar-refractivity contribution is 7.99. The van der Waals surface area contributed by atoms with Gasteiger partial charge in [0.1, 0.15) is 0 Å². The molecule has 1 aromatic carbocycles. The van der Waals surface area contributed by atoms with Crippen molar-refractivity contribution in [1.82, 2.24) is 19.7 Å². The minimum Gasteiger partial charge on any atom is -0.303 e. The van der Waals surface area contributed by atoms with Crippen molar-refractivity contribution in [2.24, 2.45) is 0 Å². The van der Waals surface area contributed by atoms with Gasteiger partial charge in [-0.1, -0.05) is 18.2 Å². The van der Waals surface area contributed by atoms with E-state index in [1.54, 1.807) is 23.9 Å². The summed E-state index contributed by atoms with van der Waals surface area (Å²) in [5.41, 5.74) is 0.935. The zero-order valence-electron chi connectivity index (χ0n) is 14.4. The summed E-state index contributed by atoms with van der Waals surface area (Å²) >= 11 is 1.73. The quantitative estimate of drug-likeness (QED) is 0.427. The Morgan fingerprint density at radius 2 is 1.88 bits per heavy atom. The number of rotatable bonds is 7. The van der Waals surface area contributed by atoms with E-state index in [1.807, 2.05) is 0 Å². The largest absolute Gasteiger partial charge is 0.303 e. The van der Waals surface area contributed by atoms with Crippen LogP contribution in [0.4, 0.5) is 5.69 Å². The van der Waals surface area contributed by atoms with Crippen LogP contribution in [0.3, 0.4) is 0 Å². The summed E-state index contributed by atoms with van der Waals surface area (Å²) in [6.07, 6.45) is 3.96. The van der Waals surface area contributed by atoms with Crippen LogP contribution in [0, 0.1) is 10.1 Å². The summed E-state index contributed by atoms with van der Waals surface area (Å²) in [7, 11) is 0. The Morgan fingerprint density at radius 3 is 2.52 bits per heavy atom. The molecule has 25 heavy (non-hydrogen) atoms. The molecule has 0 aliphatic carbocycles. The molecule has 0 spiro atoms. The van der Waals surface area contributed by atoms with Crippen LogP contribution in [0.1, 0.15) is 26.2 Å². The maximum Gasteiger partial charge on any atom is 0.269 e. The highest BCUT2D eigenvalue weighted by Gasteiger charge is 2.15. The van der Waals surface area contributed by atoms with E-state index in [2.05, 4.69) is 26.6 Å². The Balaban J connectivity index is 1.66. The lowest BCUT2D eigenvalue weighted by Gasteiger charge is -2.25. The Hall–Kier alpha value is -1.93. The van der Waals surface area contributed by atoms with Crippen molar-refractivity contribution in [1.29, 1.82) is 0 Å². The van der Waals surface area contributed by atoms with Crippen molar-refractivity contribution in [3.8, 4) is 11.4 Å². The average Bonchev–Trinajstić information content (AvgIpc) is 3.05. The maximum absolute atomic E-state index is 10.8. The van der Waals surface area contributed by atoms with Crippen molar-refractivity contribution < 1.29 is 4.92 Å². The van der Waals surface area contributed by atoms with Gasteiger partial charge in [-0.15, -0.1) is 10.2 Å². The van der Waals surface area contributed by atoms with Crippen LogP contribution in [-0.2, 0) is 6.54 Å². The fraction of sp³-hybridized carbons (Fsp3) is 0.529. The predicted molar refractivity (Wildman–Crippen MR) is 98.8 cm³/mol. The second-order valence-electron chi connectivity index (χ2n) is 6.11. The van der Waals surface area contributed by atoms with Crippen LogP contribution in [0.15, 0.2) is 29.4 Å². The molecule has 0 amide bonds. The number of benzene rings is 1. The molecule has 0 atom stereocenters. The van der Waals surface area contributed by atoms with E-state index in [1.165, 1.54) is 44.5 Å². The van der Waals surface area contributed by atoms with Gasteiger partial charge in [0.25, 0.3) is 5.69 Å². The topological polar surface area (TPSA) is 77.1 Å². The van der Waals surface area contributed by atoms with Gasteiger partial charge < -0.3 is 9.47 Å². The number of nitro benzene ring substituents is 1. The van der Waals surface area contributed by atoms with E-state index in [4.69, 9.17) is 0 Å². The third kappa shape index (κ3) is 4.38. The van der Waals surface area contributed by atoms with Crippen molar-refractivity contribution in [3.63, 3.8) is 0 Å². The monoisotopic (exact) mass is 361 g/mol.